The Balaban J connectivity index is 2.52. The van der Waals surface area contributed by atoms with Crippen LogP contribution in [0.2, 0.25) is 0 Å². The fourth-order valence-corrected chi connectivity index (χ4v) is 2.20. The molecule has 1 aromatic rings. The molecule has 0 saturated heterocycles. The van der Waals surface area contributed by atoms with Gasteiger partial charge in [0.05, 0.1) is 6.54 Å². The highest BCUT2D eigenvalue weighted by atomic mass is 19.3. The van der Waals surface area contributed by atoms with Gasteiger partial charge in [0.2, 0.25) is 0 Å². The van der Waals surface area contributed by atoms with Crippen molar-refractivity contribution < 1.29 is 8.78 Å². The van der Waals surface area contributed by atoms with E-state index in [9.17, 15) is 8.78 Å². The van der Waals surface area contributed by atoms with Crippen molar-refractivity contribution >= 4 is 0 Å². The van der Waals surface area contributed by atoms with Crippen molar-refractivity contribution in [3.8, 4) is 0 Å². The zero-order valence-corrected chi connectivity index (χ0v) is 12.0. The summed E-state index contributed by atoms with van der Waals surface area (Å²) in [5.74, 6) is -2.79. The first kappa shape index (κ1) is 16.1. The van der Waals surface area contributed by atoms with E-state index in [2.05, 4.69) is 19.2 Å². The standard InChI is InChI=1S/C16H25F2N/c1-3-5-12-15(9-4-2)19-13-16(17,18)14-10-7-6-8-11-14/h6-8,10-11,15,19H,3-5,9,12-13H2,1-2H3. The molecule has 0 aliphatic heterocycles. The number of halogens is 2. The van der Waals surface area contributed by atoms with Crippen molar-refractivity contribution in [1.29, 1.82) is 0 Å². The zero-order valence-electron chi connectivity index (χ0n) is 12.0. The van der Waals surface area contributed by atoms with Gasteiger partial charge in [0.1, 0.15) is 0 Å². The minimum Gasteiger partial charge on any atom is -0.308 e. The molecule has 0 bridgehead atoms. The van der Waals surface area contributed by atoms with Crippen molar-refractivity contribution in [1.82, 2.24) is 5.32 Å². The third-order valence-corrected chi connectivity index (χ3v) is 3.35. The molecule has 0 fully saturated rings. The average molecular weight is 269 g/mol. The average Bonchev–Trinajstić information content (AvgIpc) is 2.43. The van der Waals surface area contributed by atoms with E-state index in [1.165, 1.54) is 12.1 Å². The molecule has 1 atom stereocenters. The Labute approximate surface area is 115 Å². The lowest BCUT2D eigenvalue weighted by molar-refractivity contribution is -0.00629. The van der Waals surface area contributed by atoms with Gasteiger partial charge in [0.25, 0.3) is 5.92 Å². The summed E-state index contributed by atoms with van der Waals surface area (Å²) in [7, 11) is 0. The summed E-state index contributed by atoms with van der Waals surface area (Å²) in [6, 6.07) is 8.26. The highest BCUT2D eigenvalue weighted by Crippen LogP contribution is 2.27. The molecular weight excluding hydrogens is 244 g/mol. The SMILES string of the molecule is CCCCC(CCC)NCC(F)(F)c1ccccc1. The Hall–Kier alpha value is -0.960. The van der Waals surface area contributed by atoms with Crippen molar-refractivity contribution in [2.24, 2.45) is 0 Å². The summed E-state index contributed by atoms with van der Waals surface area (Å²) in [6.07, 6.45) is 5.17. The highest BCUT2D eigenvalue weighted by Gasteiger charge is 2.31. The summed E-state index contributed by atoms with van der Waals surface area (Å²) in [6.45, 7) is 3.95. The van der Waals surface area contributed by atoms with Crippen molar-refractivity contribution in [3.63, 3.8) is 0 Å². The summed E-state index contributed by atoms with van der Waals surface area (Å²) < 4.78 is 28.0. The number of alkyl halides is 2. The maximum Gasteiger partial charge on any atom is 0.285 e. The van der Waals surface area contributed by atoms with E-state index in [1.807, 2.05) is 0 Å². The molecule has 1 N–H and O–H groups in total. The van der Waals surface area contributed by atoms with Crippen LogP contribution in [0.25, 0.3) is 0 Å². The van der Waals surface area contributed by atoms with E-state index in [4.69, 9.17) is 0 Å². The van der Waals surface area contributed by atoms with Crippen LogP contribution in [0.4, 0.5) is 8.78 Å². The first-order valence-electron chi connectivity index (χ1n) is 7.27. The predicted octanol–water partition coefficient (Wildman–Crippen LogP) is 4.73. The molecule has 1 nitrogen and oxygen atoms in total. The Morgan fingerprint density at radius 2 is 1.74 bits per heavy atom. The van der Waals surface area contributed by atoms with E-state index in [1.54, 1.807) is 18.2 Å². The Morgan fingerprint density at radius 1 is 1.05 bits per heavy atom. The number of nitrogens with one attached hydrogen (secondary N) is 1. The number of unbranched alkanes of at least 4 members (excludes halogenated alkanes) is 1. The molecule has 3 heteroatoms. The normalized spacial score (nSPS) is 13.5. The lowest BCUT2D eigenvalue weighted by Gasteiger charge is -2.23. The molecule has 0 spiro atoms. The van der Waals surface area contributed by atoms with Crippen LogP contribution in [0.5, 0.6) is 0 Å². The summed E-state index contributed by atoms with van der Waals surface area (Å²) in [5.41, 5.74) is 0.0910. The van der Waals surface area contributed by atoms with Crippen LogP contribution < -0.4 is 5.32 Å². The summed E-state index contributed by atoms with van der Waals surface area (Å²) in [5, 5.41) is 3.04. The van der Waals surface area contributed by atoms with Gasteiger partial charge in [-0.05, 0) is 12.8 Å². The second kappa shape index (κ2) is 8.26. The molecule has 0 amide bonds. The van der Waals surface area contributed by atoms with Gasteiger partial charge in [-0.15, -0.1) is 0 Å². The Morgan fingerprint density at radius 3 is 2.32 bits per heavy atom. The van der Waals surface area contributed by atoms with Crippen LogP contribution in [0, 0.1) is 0 Å². The second-order valence-corrected chi connectivity index (χ2v) is 5.08. The molecule has 0 saturated carbocycles. The van der Waals surface area contributed by atoms with Gasteiger partial charge in [-0.1, -0.05) is 63.4 Å². The zero-order chi connectivity index (χ0) is 14.1. The third-order valence-electron chi connectivity index (χ3n) is 3.35. The molecule has 1 unspecified atom stereocenters. The minimum absolute atomic E-state index is 0.0910. The maximum atomic E-state index is 14.0. The molecular formula is C16H25F2N. The first-order chi connectivity index (χ1) is 9.10. The first-order valence-corrected chi connectivity index (χ1v) is 7.27. The van der Waals surface area contributed by atoms with E-state index >= 15 is 0 Å². The summed E-state index contributed by atoms with van der Waals surface area (Å²) in [4.78, 5) is 0. The number of hydrogen-bond acceptors (Lipinski definition) is 1. The Bertz CT molecular complexity index is 338. The monoisotopic (exact) mass is 269 g/mol. The smallest absolute Gasteiger partial charge is 0.285 e. The fourth-order valence-electron chi connectivity index (χ4n) is 2.20. The molecule has 1 aromatic carbocycles. The van der Waals surface area contributed by atoms with E-state index in [-0.39, 0.29) is 18.2 Å². The molecule has 0 aliphatic carbocycles. The van der Waals surface area contributed by atoms with Crippen LogP contribution in [-0.2, 0) is 5.92 Å². The van der Waals surface area contributed by atoms with E-state index in [0.717, 1.165) is 32.1 Å². The quantitative estimate of drug-likeness (QED) is 0.683. The topological polar surface area (TPSA) is 12.0 Å². The fraction of sp³-hybridized carbons (Fsp3) is 0.625. The molecule has 0 aromatic heterocycles. The van der Waals surface area contributed by atoms with Gasteiger partial charge >= 0.3 is 0 Å². The lowest BCUT2D eigenvalue weighted by Crippen LogP contribution is -2.37. The Kier molecular flexibility index (Phi) is 7.00. The molecule has 0 aliphatic rings. The predicted molar refractivity (Wildman–Crippen MR) is 76.6 cm³/mol. The van der Waals surface area contributed by atoms with Crippen LogP contribution in [0.3, 0.4) is 0 Å². The molecule has 0 heterocycles. The van der Waals surface area contributed by atoms with Gasteiger partial charge in [-0.25, -0.2) is 0 Å². The number of hydrogen-bond donors (Lipinski definition) is 1. The minimum atomic E-state index is -2.79. The molecule has 1 rings (SSSR count). The van der Waals surface area contributed by atoms with Gasteiger partial charge in [-0.2, -0.15) is 8.78 Å². The van der Waals surface area contributed by atoms with E-state index < -0.39 is 5.92 Å². The van der Waals surface area contributed by atoms with Gasteiger partial charge < -0.3 is 5.32 Å². The van der Waals surface area contributed by atoms with Gasteiger partial charge in [-0.3, -0.25) is 0 Å². The van der Waals surface area contributed by atoms with Crippen molar-refractivity contribution in [3.05, 3.63) is 35.9 Å². The summed E-state index contributed by atoms with van der Waals surface area (Å²) >= 11 is 0. The van der Waals surface area contributed by atoms with Gasteiger partial charge in [0.15, 0.2) is 0 Å². The van der Waals surface area contributed by atoms with Crippen molar-refractivity contribution in [2.45, 2.75) is 57.9 Å². The maximum absolute atomic E-state index is 14.0. The number of rotatable bonds is 9. The van der Waals surface area contributed by atoms with Crippen molar-refractivity contribution in [2.75, 3.05) is 6.54 Å². The van der Waals surface area contributed by atoms with Crippen LogP contribution in [0.15, 0.2) is 30.3 Å². The lowest BCUT2D eigenvalue weighted by atomic mass is 10.0. The molecule has 0 radical (unpaired) electrons. The van der Waals surface area contributed by atoms with Gasteiger partial charge in [0, 0.05) is 11.6 Å². The second-order valence-electron chi connectivity index (χ2n) is 5.08. The number of benzene rings is 1. The van der Waals surface area contributed by atoms with E-state index in [0.29, 0.717) is 0 Å². The molecule has 19 heavy (non-hydrogen) atoms. The molecule has 108 valence electrons. The van der Waals surface area contributed by atoms with Crippen LogP contribution in [-0.4, -0.2) is 12.6 Å². The van der Waals surface area contributed by atoms with Crippen LogP contribution in [0.1, 0.15) is 51.5 Å². The third kappa shape index (κ3) is 5.68. The van der Waals surface area contributed by atoms with Crippen LogP contribution >= 0.6 is 0 Å². The highest BCUT2D eigenvalue weighted by molar-refractivity contribution is 5.20. The largest absolute Gasteiger partial charge is 0.308 e.